The molecule has 9 heteroatoms. The first-order valence-electron chi connectivity index (χ1n) is 9.77. The van der Waals surface area contributed by atoms with Gasteiger partial charge in [0.05, 0.1) is 11.4 Å². The van der Waals surface area contributed by atoms with E-state index in [-0.39, 0.29) is 11.5 Å². The Labute approximate surface area is 183 Å². The van der Waals surface area contributed by atoms with E-state index in [0.29, 0.717) is 28.0 Å². The molecule has 0 atom stereocenters. The first kappa shape index (κ1) is 20.0. The zero-order chi connectivity index (χ0) is 22.3. The second kappa shape index (κ2) is 7.61. The molecule has 3 heterocycles. The van der Waals surface area contributed by atoms with Crippen LogP contribution in [0.5, 0.6) is 0 Å². The molecule has 5 aromatic rings. The number of rotatable bonds is 5. The standard InChI is InChI=1S/C23H18N4O4S/c1-32(29,30)14-18-17-5-2-3-6-20(17)31-21(18)22(28)25-16-9-7-15(8-10-16)19-13-27-12-4-11-24-23(27)26-19/h2-13H,14H2,1H3,(H,25,28). The molecule has 0 bridgehead atoms. The minimum absolute atomic E-state index is 0.00729. The summed E-state index contributed by atoms with van der Waals surface area (Å²) < 4.78 is 31.4. The van der Waals surface area contributed by atoms with Crippen LogP contribution in [0.2, 0.25) is 0 Å². The molecule has 2 aromatic carbocycles. The lowest BCUT2D eigenvalue weighted by Gasteiger charge is -2.06. The lowest BCUT2D eigenvalue weighted by atomic mass is 10.1. The first-order valence-corrected chi connectivity index (χ1v) is 11.8. The zero-order valence-electron chi connectivity index (χ0n) is 17.0. The molecular weight excluding hydrogens is 428 g/mol. The Morgan fingerprint density at radius 1 is 1.09 bits per heavy atom. The summed E-state index contributed by atoms with van der Waals surface area (Å²) >= 11 is 0. The van der Waals surface area contributed by atoms with E-state index in [1.807, 2.05) is 35.0 Å². The summed E-state index contributed by atoms with van der Waals surface area (Å²) in [5.41, 5.74) is 3.00. The number of nitrogens with zero attached hydrogens (tertiary/aromatic N) is 3. The Hall–Kier alpha value is -3.98. The van der Waals surface area contributed by atoms with Crippen molar-refractivity contribution in [2.75, 3.05) is 11.6 Å². The molecular formula is C23H18N4O4S. The van der Waals surface area contributed by atoms with Gasteiger partial charge in [0.1, 0.15) is 5.58 Å². The normalized spacial score (nSPS) is 11.8. The summed E-state index contributed by atoms with van der Waals surface area (Å²) in [6.45, 7) is 0. The Bertz CT molecular complexity index is 1530. The number of amides is 1. The summed E-state index contributed by atoms with van der Waals surface area (Å²) in [5.74, 6) is -0.201. The number of para-hydroxylation sites is 1. The summed E-state index contributed by atoms with van der Waals surface area (Å²) in [6, 6.07) is 16.0. The average molecular weight is 446 g/mol. The number of anilines is 1. The monoisotopic (exact) mass is 446 g/mol. The summed E-state index contributed by atoms with van der Waals surface area (Å²) in [7, 11) is -3.37. The van der Waals surface area contributed by atoms with Crippen LogP contribution in [0.25, 0.3) is 28.0 Å². The Kier molecular flexibility index (Phi) is 4.75. The van der Waals surface area contributed by atoms with Gasteiger partial charge in [-0.1, -0.05) is 30.3 Å². The number of benzene rings is 2. The minimum atomic E-state index is -3.37. The van der Waals surface area contributed by atoms with E-state index in [1.54, 1.807) is 42.6 Å². The van der Waals surface area contributed by atoms with Crippen molar-refractivity contribution in [1.82, 2.24) is 14.4 Å². The Morgan fingerprint density at radius 3 is 2.62 bits per heavy atom. The van der Waals surface area contributed by atoms with E-state index in [2.05, 4.69) is 15.3 Å². The number of carbonyl (C=O) groups excluding carboxylic acids is 1. The van der Waals surface area contributed by atoms with E-state index >= 15 is 0 Å². The van der Waals surface area contributed by atoms with Crippen molar-refractivity contribution in [3.63, 3.8) is 0 Å². The van der Waals surface area contributed by atoms with Crippen LogP contribution in [0.1, 0.15) is 16.1 Å². The third-order valence-electron chi connectivity index (χ3n) is 4.99. The fourth-order valence-electron chi connectivity index (χ4n) is 3.57. The average Bonchev–Trinajstić information content (AvgIpc) is 3.35. The number of nitrogens with one attached hydrogen (secondary N) is 1. The molecule has 0 aliphatic rings. The number of carbonyl (C=O) groups is 1. The number of fused-ring (bicyclic) bond motifs is 2. The zero-order valence-corrected chi connectivity index (χ0v) is 17.8. The third-order valence-corrected chi connectivity index (χ3v) is 5.80. The Morgan fingerprint density at radius 2 is 1.88 bits per heavy atom. The highest BCUT2D eigenvalue weighted by molar-refractivity contribution is 7.89. The van der Waals surface area contributed by atoms with Gasteiger partial charge < -0.3 is 9.73 Å². The molecule has 0 aliphatic heterocycles. The van der Waals surface area contributed by atoms with Crippen LogP contribution in [-0.4, -0.2) is 34.9 Å². The van der Waals surface area contributed by atoms with Gasteiger partial charge in [0.15, 0.2) is 15.6 Å². The molecule has 0 unspecified atom stereocenters. The van der Waals surface area contributed by atoms with Crippen LogP contribution in [0, 0.1) is 0 Å². The van der Waals surface area contributed by atoms with Gasteiger partial charge in [-0.2, -0.15) is 0 Å². The lowest BCUT2D eigenvalue weighted by molar-refractivity contribution is 0.0998. The number of hydrogen-bond acceptors (Lipinski definition) is 6. The van der Waals surface area contributed by atoms with E-state index in [0.717, 1.165) is 17.5 Å². The van der Waals surface area contributed by atoms with Gasteiger partial charge in [-0.25, -0.2) is 18.4 Å². The van der Waals surface area contributed by atoms with Crippen LogP contribution in [0.3, 0.4) is 0 Å². The van der Waals surface area contributed by atoms with Gasteiger partial charge in [-0.05, 0) is 24.3 Å². The predicted molar refractivity (Wildman–Crippen MR) is 121 cm³/mol. The maximum absolute atomic E-state index is 12.9. The number of furan rings is 1. The van der Waals surface area contributed by atoms with Crippen LogP contribution < -0.4 is 5.32 Å². The molecule has 32 heavy (non-hydrogen) atoms. The molecule has 0 saturated heterocycles. The predicted octanol–water partition coefficient (Wildman–Crippen LogP) is 3.94. The number of sulfone groups is 1. The molecule has 0 spiro atoms. The summed E-state index contributed by atoms with van der Waals surface area (Å²) in [6.07, 6.45) is 6.56. The molecule has 0 fully saturated rings. The molecule has 0 radical (unpaired) electrons. The SMILES string of the molecule is CS(=O)(=O)Cc1c(C(=O)Nc2ccc(-c3cn4cccnc4n3)cc2)oc2ccccc12. The van der Waals surface area contributed by atoms with Crippen molar-refractivity contribution < 1.29 is 17.6 Å². The van der Waals surface area contributed by atoms with E-state index < -0.39 is 15.7 Å². The molecule has 1 N–H and O–H groups in total. The summed E-state index contributed by atoms with van der Waals surface area (Å²) in [4.78, 5) is 21.6. The van der Waals surface area contributed by atoms with Crippen molar-refractivity contribution in [3.8, 4) is 11.3 Å². The second-order valence-electron chi connectivity index (χ2n) is 7.46. The number of hydrogen-bond donors (Lipinski definition) is 1. The second-order valence-corrected chi connectivity index (χ2v) is 9.60. The number of aromatic nitrogens is 3. The van der Waals surface area contributed by atoms with Crippen LogP contribution >= 0.6 is 0 Å². The molecule has 8 nitrogen and oxygen atoms in total. The van der Waals surface area contributed by atoms with Crippen LogP contribution in [0.4, 0.5) is 5.69 Å². The highest BCUT2D eigenvalue weighted by atomic mass is 32.2. The molecule has 5 rings (SSSR count). The van der Waals surface area contributed by atoms with Gasteiger partial charge in [-0.15, -0.1) is 0 Å². The molecule has 0 saturated carbocycles. The highest BCUT2D eigenvalue weighted by Crippen LogP contribution is 2.28. The molecule has 0 aliphatic carbocycles. The molecule has 1 amide bonds. The maximum Gasteiger partial charge on any atom is 0.291 e. The Balaban J connectivity index is 1.43. The van der Waals surface area contributed by atoms with Crippen molar-refractivity contribution in [2.45, 2.75) is 5.75 Å². The smallest absolute Gasteiger partial charge is 0.291 e. The van der Waals surface area contributed by atoms with Gasteiger partial charge in [0.2, 0.25) is 5.78 Å². The fourth-order valence-corrected chi connectivity index (χ4v) is 4.38. The van der Waals surface area contributed by atoms with Crippen molar-refractivity contribution in [1.29, 1.82) is 0 Å². The van der Waals surface area contributed by atoms with Gasteiger partial charge in [-0.3, -0.25) is 9.20 Å². The highest BCUT2D eigenvalue weighted by Gasteiger charge is 2.23. The van der Waals surface area contributed by atoms with Gasteiger partial charge >= 0.3 is 0 Å². The molecule has 3 aromatic heterocycles. The van der Waals surface area contributed by atoms with Gasteiger partial charge in [0.25, 0.3) is 5.91 Å². The van der Waals surface area contributed by atoms with E-state index in [9.17, 15) is 13.2 Å². The van der Waals surface area contributed by atoms with Gasteiger partial charge in [0, 0.05) is 47.0 Å². The van der Waals surface area contributed by atoms with Crippen molar-refractivity contribution in [2.24, 2.45) is 0 Å². The van der Waals surface area contributed by atoms with Crippen molar-refractivity contribution in [3.05, 3.63) is 84.5 Å². The van der Waals surface area contributed by atoms with Crippen LogP contribution in [-0.2, 0) is 15.6 Å². The lowest BCUT2D eigenvalue weighted by Crippen LogP contribution is -2.14. The minimum Gasteiger partial charge on any atom is -0.451 e. The first-order chi connectivity index (χ1) is 15.4. The van der Waals surface area contributed by atoms with Crippen molar-refractivity contribution >= 4 is 38.2 Å². The van der Waals surface area contributed by atoms with Crippen LogP contribution in [0.15, 0.2) is 77.6 Å². The topological polar surface area (TPSA) is 107 Å². The quantitative estimate of drug-likeness (QED) is 0.438. The molecule has 160 valence electrons. The fraction of sp³-hybridized carbons (Fsp3) is 0.0870. The largest absolute Gasteiger partial charge is 0.451 e. The van der Waals surface area contributed by atoms with E-state index in [4.69, 9.17) is 4.42 Å². The maximum atomic E-state index is 12.9. The summed E-state index contributed by atoms with van der Waals surface area (Å²) in [5, 5.41) is 3.40. The van der Waals surface area contributed by atoms with E-state index in [1.165, 1.54) is 0 Å². The third kappa shape index (κ3) is 3.85. The number of imidazole rings is 1.